The van der Waals surface area contributed by atoms with Crippen molar-refractivity contribution in [3.8, 4) is 0 Å². The zero-order valence-electron chi connectivity index (χ0n) is 13.5. The highest BCUT2D eigenvalue weighted by Gasteiger charge is 2.11. The van der Waals surface area contributed by atoms with Gasteiger partial charge in [-0.05, 0) is 42.5 Å². The van der Waals surface area contributed by atoms with Crippen LogP contribution >= 0.6 is 0 Å². The summed E-state index contributed by atoms with van der Waals surface area (Å²) in [6.07, 6.45) is 3.92. The SMILES string of the molecule is O=C(CCc1ccc(N2CCCC2)cc1)NCc1ccccc1. The highest BCUT2D eigenvalue weighted by Crippen LogP contribution is 2.20. The van der Waals surface area contributed by atoms with Crippen LogP contribution in [-0.2, 0) is 17.8 Å². The Morgan fingerprint density at radius 2 is 1.61 bits per heavy atom. The van der Waals surface area contributed by atoms with Gasteiger partial charge in [0.1, 0.15) is 0 Å². The van der Waals surface area contributed by atoms with E-state index in [1.807, 2.05) is 30.3 Å². The molecule has 0 aromatic heterocycles. The van der Waals surface area contributed by atoms with Crippen molar-refractivity contribution in [2.75, 3.05) is 18.0 Å². The summed E-state index contributed by atoms with van der Waals surface area (Å²) < 4.78 is 0. The molecule has 23 heavy (non-hydrogen) atoms. The molecule has 1 aliphatic heterocycles. The van der Waals surface area contributed by atoms with Gasteiger partial charge in [-0.1, -0.05) is 42.5 Å². The molecule has 2 aromatic rings. The molecule has 1 amide bonds. The Morgan fingerprint density at radius 3 is 2.30 bits per heavy atom. The van der Waals surface area contributed by atoms with Gasteiger partial charge >= 0.3 is 0 Å². The number of carbonyl (C=O) groups is 1. The van der Waals surface area contributed by atoms with Gasteiger partial charge in [-0.25, -0.2) is 0 Å². The third kappa shape index (κ3) is 4.59. The van der Waals surface area contributed by atoms with Crippen LogP contribution in [0.3, 0.4) is 0 Å². The lowest BCUT2D eigenvalue weighted by Gasteiger charge is -2.17. The van der Waals surface area contributed by atoms with Crippen molar-refractivity contribution in [3.63, 3.8) is 0 Å². The van der Waals surface area contributed by atoms with Crippen molar-refractivity contribution >= 4 is 11.6 Å². The molecule has 120 valence electrons. The van der Waals surface area contributed by atoms with Crippen LogP contribution in [0.1, 0.15) is 30.4 Å². The molecule has 0 unspecified atom stereocenters. The van der Waals surface area contributed by atoms with Crippen LogP contribution in [0.4, 0.5) is 5.69 Å². The molecule has 3 rings (SSSR count). The van der Waals surface area contributed by atoms with Gasteiger partial charge in [-0.2, -0.15) is 0 Å². The van der Waals surface area contributed by atoms with E-state index in [0.717, 1.165) is 12.0 Å². The van der Waals surface area contributed by atoms with Crippen LogP contribution in [0.25, 0.3) is 0 Å². The summed E-state index contributed by atoms with van der Waals surface area (Å²) in [5.41, 5.74) is 3.67. The fraction of sp³-hybridized carbons (Fsp3) is 0.350. The monoisotopic (exact) mass is 308 g/mol. The average molecular weight is 308 g/mol. The van der Waals surface area contributed by atoms with Crippen LogP contribution in [0.5, 0.6) is 0 Å². The number of rotatable bonds is 6. The quantitative estimate of drug-likeness (QED) is 0.885. The van der Waals surface area contributed by atoms with E-state index in [2.05, 4.69) is 34.5 Å². The van der Waals surface area contributed by atoms with Crippen LogP contribution in [0.15, 0.2) is 54.6 Å². The third-order valence-corrected chi connectivity index (χ3v) is 4.38. The maximum atomic E-state index is 11.9. The van der Waals surface area contributed by atoms with Gasteiger partial charge < -0.3 is 10.2 Å². The van der Waals surface area contributed by atoms with Crippen LogP contribution < -0.4 is 10.2 Å². The minimum Gasteiger partial charge on any atom is -0.372 e. The molecular weight excluding hydrogens is 284 g/mol. The number of aryl methyl sites for hydroxylation is 1. The molecule has 1 N–H and O–H groups in total. The Bertz CT molecular complexity index is 616. The largest absolute Gasteiger partial charge is 0.372 e. The molecule has 1 saturated heterocycles. The van der Waals surface area contributed by atoms with E-state index in [-0.39, 0.29) is 5.91 Å². The molecule has 0 bridgehead atoms. The second kappa shape index (κ2) is 7.82. The van der Waals surface area contributed by atoms with Crippen molar-refractivity contribution < 1.29 is 4.79 Å². The second-order valence-electron chi connectivity index (χ2n) is 6.12. The Kier molecular flexibility index (Phi) is 5.30. The number of carbonyl (C=O) groups excluding carboxylic acids is 1. The number of hydrogen-bond donors (Lipinski definition) is 1. The molecule has 0 saturated carbocycles. The maximum Gasteiger partial charge on any atom is 0.220 e. The maximum absolute atomic E-state index is 11.9. The Hall–Kier alpha value is -2.29. The summed E-state index contributed by atoms with van der Waals surface area (Å²) in [7, 11) is 0. The lowest BCUT2D eigenvalue weighted by Crippen LogP contribution is -2.23. The first-order valence-corrected chi connectivity index (χ1v) is 8.46. The van der Waals surface area contributed by atoms with Gasteiger partial charge in [0.05, 0.1) is 0 Å². The fourth-order valence-electron chi connectivity index (χ4n) is 2.99. The van der Waals surface area contributed by atoms with E-state index in [4.69, 9.17) is 0 Å². The van der Waals surface area contributed by atoms with Crippen molar-refractivity contribution in [1.29, 1.82) is 0 Å². The lowest BCUT2D eigenvalue weighted by atomic mass is 10.1. The van der Waals surface area contributed by atoms with E-state index in [9.17, 15) is 4.79 Å². The van der Waals surface area contributed by atoms with Crippen LogP contribution in [0.2, 0.25) is 0 Å². The molecule has 2 aromatic carbocycles. The predicted octanol–water partition coefficient (Wildman–Crippen LogP) is 3.54. The average Bonchev–Trinajstić information content (AvgIpc) is 3.14. The van der Waals surface area contributed by atoms with Crippen molar-refractivity contribution in [2.24, 2.45) is 0 Å². The number of hydrogen-bond acceptors (Lipinski definition) is 2. The predicted molar refractivity (Wildman–Crippen MR) is 94.5 cm³/mol. The summed E-state index contributed by atoms with van der Waals surface area (Å²) in [4.78, 5) is 14.4. The van der Waals surface area contributed by atoms with Crippen molar-refractivity contribution in [1.82, 2.24) is 5.32 Å². The Morgan fingerprint density at radius 1 is 0.913 bits per heavy atom. The number of benzene rings is 2. The van der Waals surface area contributed by atoms with E-state index in [1.54, 1.807) is 0 Å². The smallest absolute Gasteiger partial charge is 0.220 e. The number of anilines is 1. The standard InChI is InChI=1S/C20H24N2O/c23-20(21-16-18-6-2-1-3-7-18)13-10-17-8-11-19(12-9-17)22-14-4-5-15-22/h1-3,6-9,11-12H,4-5,10,13-16H2,(H,21,23). The van der Waals surface area contributed by atoms with Gasteiger partial charge in [0.15, 0.2) is 0 Å². The first-order chi connectivity index (χ1) is 11.3. The number of nitrogens with zero attached hydrogens (tertiary/aromatic N) is 1. The van der Waals surface area contributed by atoms with Gasteiger partial charge in [-0.3, -0.25) is 4.79 Å². The van der Waals surface area contributed by atoms with Gasteiger partial charge in [0, 0.05) is 31.7 Å². The van der Waals surface area contributed by atoms with Crippen molar-refractivity contribution in [2.45, 2.75) is 32.2 Å². The number of amides is 1. The minimum absolute atomic E-state index is 0.109. The molecule has 0 aliphatic carbocycles. The summed E-state index contributed by atoms with van der Waals surface area (Å²) in [5, 5.41) is 2.98. The molecule has 1 fully saturated rings. The highest BCUT2D eigenvalue weighted by molar-refractivity contribution is 5.76. The second-order valence-corrected chi connectivity index (χ2v) is 6.12. The Labute approximate surface area is 138 Å². The van der Waals surface area contributed by atoms with E-state index < -0.39 is 0 Å². The molecule has 0 radical (unpaired) electrons. The molecule has 3 nitrogen and oxygen atoms in total. The van der Waals surface area contributed by atoms with Gasteiger partial charge in [-0.15, -0.1) is 0 Å². The Balaban J connectivity index is 1.43. The lowest BCUT2D eigenvalue weighted by molar-refractivity contribution is -0.121. The molecule has 0 atom stereocenters. The molecule has 0 spiro atoms. The molecule has 1 aliphatic rings. The first kappa shape index (κ1) is 15.6. The van der Waals surface area contributed by atoms with Crippen LogP contribution in [-0.4, -0.2) is 19.0 Å². The minimum atomic E-state index is 0.109. The molecule has 1 heterocycles. The number of nitrogens with one attached hydrogen (secondary N) is 1. The topological polar surface area (TPSA) is 32.3 Å². The highest BCUT2D eigenvalue weighted by atomic mass is 16.1. The normalized spacial score (nSPS) is 14.0. The molecular formula is C20H24N2O. The summed E-state index contributed by atoms with van der Waals surface area (Å²) in [6.45, 7) is 2.94. The zero-order valence-corrected chi connectivity index (χ0v) is 13.5. The van der Waals surface area contributed by atoms with E-state index >= 15 is 0 Å². The van der Waals surface area contributed by atoms with Gasteiger partial charge in [0.2, 0.25) is 5.91 Å². The van der Waals surface area contributed by atoms with E-state index in [1.165, 1.54) is 37.2 Å². The first-order valence-electron chi connectivity index (χ1n) is 8.46. The third-order valence-electron chi connectivity index (χ3n) is 4.38. The van der Waals surface area contributed by atoms with Crippen LogP contribution in [0, 0.1) is 0 Å². The fourth-order valence-corrected chi connectivity index (χ4v) is 2.99. The molecule has 3 heteroatoms. The summed E-state index contributed by atoms with van der Waals surface area (Å²) in [5.74, 6) is 0.109. The van der Waals surface area contributed by atoms with Crippen molar-refractivity contribution in [3.05, 3.63) is 65.7 Å². The summed E-state index contributed by atoms with van der Waals surface area (Å²) >= 11 is 0. The van der Waals surface area contributed by atoms with E-state index in [0.29, 0.717) is 13.0 Å². The zero-order chi connectivity index (χ0) is 15.9. The summed E-state index contributed by atoms with van der Waals surface area (Å²) in [6, 6.07) is 18.7. The van der Waals surface area contributed by atoms with Gasteiger partial charge in [0.25, 0.3) is 0 Å².